The molecule has 0 heterocycles. The lowest BCUT2D eigenvalue weighted by atomic mass is 10.1. The first-order chi connectivity index (χ1) is 27.1. The van der Waals surface area contributed by atoms with Crippen molar-refractivity contribution in [3.8, 4) is 0 Å². The first-order valence-electron chi connectivity index (χ1n) is 21.7. The molecule has 3 atom stereocenters. The molecule has 0 aromatic rings. The van der Waals surface area contributed by atoms with Gasteiger partial charge in [-0.2, -0.15) is 0 Å². The molecule has 0 aliphatic heterocycles. The molecule has 0 aliphatic rings. The van der Waals surface area contributed by atoms with Crippen molar-refractivity contribution in [2.45, 2.75) is 193 Å². The van der Waals surface area contributed by atoms with Crippen LogP contribution in [-0.2, 0) is 32.7 Å². The van der Waals surface area contributed by atoms with Gasteiger partial charge in [0.2, 0.25) is 5.91 Å². The zero-order chi connectivity index (χ0) is 41.4. The van der Waals surface area contributed by atoms with Gasteiger partial charge in [-0.15, -0.1) is 0 Å². The van der Waals surface area contributed by atoms with E-state index >= 15 is 0 Å². The second-order valence-corrected chi connectivity index (χ2v) is 16.0. The first-order valence-corrected chi connectivity index (χ1v) is 23.2. The molecule has 0 aromatic heterocycles. The quantitative estimate of drug-likeness (QED) is 0.0202. The van der Waals surface area contributed by atoms with Gasteiger partial charge in [0.1, 0.15) is 12.7 Å². The third-order valence-corrected chi connectivity index (χ3v) is 10.0. The van der Waals surface area contributed by atoms with Gasteiger partial charge in [-0.3, -0.25) is 18.6 Å². The predicted octanol–water partition coefficient (Wildman–Crippen LogP) is 11.0. The number of esters is 1. The summed E-state index contributed by atoms with van der Waals surface area (Å²) in [6.45, 7) is 2.51. The molecular formula is C44H78NO10P. The highest BCUT2D eigenvalue weighted by atomic mass is 31.2. The topological polar surface area (TPSA) is 169 Å². The molecule has 324 valence electrons. The van der Waals surface area contributed by atoms with Crippen LogP contribution in [-0.4, -0.2) is 64.9 Å². The molecule has 1 amide bonds. The number of nitrogens with one attached hydrogen (secondary N) is 1. The number of aliphatic carboxylic acids is 1. The van der Waals surface area contributed by atoms with Crippen molar-refractivity contribution in [3.63, 3.8) is 0 Å². The van der Waals surface area contributed by atoms with Crippen LogP contribution in [0.1, 0.15) is 181 Å². The minimum atomic E-state index is -4.76. The van der Waals surface area contributed by atoms with E-state index in [1.165, 1.54) is 64.2 Å². The van der Waals surface area contributed by atoms with Crippen molar-refractivity contribution >= 4 is 25.7 Å². The summed E-state index contributed by atoms with van der Waals surface area (Å²) in [6, 6.07) is -1.56. The minimum Gasteiger partial charge on any atom is -0.480 e. The number of amides is 1. The van der Waals surface area contributed by atoms with Crippen LogP contribution in [0.4, 0.5) is 0 Å². The monoisotopic (exact) mass is 812 g/mol. The highest BCUT2D eigenvalue weighted by molar-refractivity contribution is 7.47. The second-order valence-electron chi connectivity index (χ2n) is 14.5. The molecule has 0 radical (unpaired) electrons. The summed E-state index contributed by atoms with van der Waals surface area (Å²) >= 11 is 0. The number of carbonyl (C=O) groups excluding carboxylic acids is 2. The molecule has 0 saturated heterocycles. The summed E-state index contributed by atoms with van der Waals surface area (Å²) in [5.41, 5.74) is 0. The molecule has 0 rings (SSSR count). The molecule has 0 fully saturated rings. The zero-order valence-corrected chi connectivity index (χ0v) is 35.8. The number of unbranched alkanes of at least 4 members (excludes halogenated alkanes) is 18. The fraction of sp³-hybridized carbons (Fsp3) is 0.750. The van der Waals surface area contributed by atoms with Crippen LogP contribution in [0.3, 0.4) is 0 Å². The standard InChI is InChI=1S/C44H78NO10P/c1-3-5-7-9-11-13-15-17-19-20-22-24-26-28-30-32-34-36-43(48)53-37-40(46)38-54-56(51,52)55-39-41(44(49)50)45-42(47)35-33-31-29-27-25-23-21-18-16-14-12-10-8-6-4-2/h11-14,17-19,21,40-41,46H,3-10,15-16,20,22-39H2,1-2H3,(H,45,47)(H,49,50)(H,51,52)/b13-11-,14-12-,19-17-,21-18-. The molecule has 11 nitrogen and oxygen atoms in total. The number of rotatable bonds is 40. The van der Waals surface area contributed by atoms with Gasteiger partial charge in [0.05, 0.1) is 13.2 Å². The molecule has 4 N–H and O–H groups in total. The average Bonchev–Trinajstić information content (AvgIpc) is 3.17. The fourth-order valence-electron chi connectivity index (χ4n) is 5.67. The summed E-state index contributed by atoms with van der Waals surface area (Å²) in [5.74, 6) is -2.40. The van der Waals surface area contributed by atoms with Gasteiger partial charge >= 0.3 is 19.8 Å². The third-order valence-electron chi connectivity index (χ3n) is 9.09. The van der Waals surface area contributed by atoms with E-state index in [-0.39, 0.29) is 12.8 Å². The van der Waals surface area contributed by atoms with E-state index in [0.717, 1.165) is 77.0 Å². The van der Waals surface area contributed by atoms with Gasteiger partial charge in [0.25, 0.3) is 0 Å². The summed E-state index contributed by atoms with van der Waals surface area (Å²) in [7, 11) is -4.76. The average molecular weight is 812 g/mol. The van der Waals surface area contributed by atoms with Gasteiger partial charge in [0.15, 0.2) is 6.04 Å². The molecule has 0 bridgehead atoms. The van der Waals surface area contributed by atoms with Gasteiger partial charge in [0, 0.05) is 12.8 Å². The summed E-state index contributed by atoms with van der Waals surface area (Å²) in [4.78, 5) is 45.9. The number of phosphoric acid groups is 1. The van der Waals surface area contributed by atoms with Crippen LogP contribution < -0.4 is 5.32 Å². The van der Waals surface area contributed by atoms with E-state index < -0.39 is 57.6 Å². The van der Waals surface area contributed by atoms with Crippen molar-refractivity contribution in [2.24, 2.45) is 0 Å². The van der Waals surface area contributed by atoms with Crippen molar-refractivity contribution in [1.82, 2.24) is 5.32 Å². The number of aliphatic hydroxyl groups excluding tert-OH is 1. The molecule has 0 spiro atoms. The Hall–Kier alpha value is -2.56. The minimum absolute atomic E-state index is 0.128. The van der Waals surface area contributed by atoms with E-state index in [1.54, 1.807) is 0 Å². The Balaban J connectivity index is 3.94. The molecule has 12 heteroatoms. The summed E-state index contributed by atoms with van der Waals surface area (Å²) in [6.07, 6.45) is 42.7. The number of phosphoric ester groups is 1. The van der Waals surface area contributed by atoms with Crippen molar-refractivity contribution in [1.29, 1.82) is 0 Å². The summed E-state index contributed by atoms with van der Waals surface area (Å²) < 4.78 is 26.8. The number of aliphatic hydroxyl groups is 1. The molecule has 3 unspecified atom stereocenters. The van der Waals surface area contributed by atoms with Gasteiger partial charge < -0.3 is 25.2 Å². The maximum Gasteiger partial charge on any atom is 0.472 e. The third kappa shape index (κ3) is 38.3. The fourth-order valence-corrected chi connectivity index (χ4v) is 6.44. The van der Waals surface area contributed by atoms with Crippen molar-refractivity contribution in [3.05, 3.63) is 48.6 Å². The van der Waals surface area contributed by atoms with Crippen molar-refractivity contribution in [2.75, 3.05) is 19.8 Å². The highest BCUT2D eigenvalue weighted by Crippen LogP contribution is 2.43. The normalized spacial score (nSPS) is 14.2. The summed E-state index contributed by atoms with van der Waals surface area (Å²) in [5, 5.41) is 21.8. The van der Waals surface area contributed by atoms with Crippen LogP contribution in [0.25, 0.3) is 0 Å². The second kappa shape index (κ2) is 39.3. The maximum atomic E-state index is 12.3. The largest absolute Gasteiger partial charge is 0.480 e. The van der Waals surface area contributed by atoms with E-state index in [9.17, 15) is 34.1 Å². The number of ether oxygens (including phenoxy) is 1. The highest BCUT2D eigenvalue weighted by Gasteiger charge is 2.28. The molecular weight excluding hydrogens is 733 g/mol. The SMILES string of the molecule is CCCCC/C=C\C/C=C\CCCCCCCCCC(=O)OCC(O)COP(=O)(O)OCC(NC(=O)CCCCCCC/C=C\C/C=C\CCCCC)C(=O)O. The van der Waals surface area contributed by atoms with Crippen LogP contribution in [0.2, 0.25) is 0 Å². The predicted molar refractivity (Wildman–Crippen MR) is 226 cm³/mol. The Labute approximate surface area is 339 Å². The first kappa shape index (κ1) is 53.4. The van der Waals surface area contributed by atoms with Crippen LogP contribution in [0.5, 0.6) is 0 Å². The van der Waals surface area contributed by atoms with E-state index in [2.05, 4.69) is 67.8 Å². The van der Waals surface area contributed by atoms with Gasteiger partial charge in [-0.05, 0) is 77.0 Å². The van der Waals surface area contributed by atoms with Crippen LogP contribution in [0, 0.1) is 0 Å². The van der Waals surface area contributed by atoms with Gasteiger partial charge in [-0.1, -0.05) is 140 Å². The molecule has 0 aromatic carbocycles. The Bertz CT molecular complexity index is 1140. The number of carbonyl (C=O) groups is 3. The number of allylic oxidation sites excluding steroid dienone is 8. The van der Waals surface area contributed by atoms with Crippen LogP contribution >= 0.6 is 7.82 Å². The number of carboxylic acid groups (broad SMARTS) is 1. The van der Waals surface area contributed by atoms with Crippen LogP contribution in [0.15, 0.2) is 48.6 Å². The Morgan fingerprint density at radius 2 is 0.982 bits per heavy atom. The molecule has 0 aliphatic carbocycles. The lowest BCUT2D eigenvalue weighted by Gasteiger charge is -2.18. The lowest BCUT2D eigenvalue weighted by Crippen LogP contribution is -2.43. The Morgan fingerprint density at radius 1 is 0.571 bits per heavy atom. The number of hydrogen-bond donors (Lipinski definition) is 4. The van der Waals surface area contributed by atoms with E-state index in [1.807, 2.05) is 0 Å². The number of carboxylic acids is 1. The van der Waals surface area contributed by atoms with E-state index in [4.69, 9.17) is 13.8 Å². The molecule has 0 saturated carbocycles. The molecule has 56 heavy (non-hydrogen) atoms. The Morgan fingerprint density at radius 3 is 1.45 bits per heavy atom. The zero-order valence-electron chi connectivity index (χ0n) is 34.9. The lowest BCUT2D eigenvalue weighted by molar-refractivity contribution is -0.147. The number of hydrogen-bond acceptors (Lipinski definition) is 8. The van der Waals surface area contributed by atoms with E-state index in [0.29, 0.717) is 12.8 Å². The van der Waals surface area contributed by atoms with Gasteiger partial charge in [-0.25, -0.2) is 9.36 Å². The van der Waals surface area contributed by atoms with Crippen molar-refractivity contribution < 1.29 is 47.8 Å². The smallest absolute Gasteiger partial charge is 0.472 e. The Kier molecular flexibility index (Phi) is 37.5. The maximum absolute atomic E-state index is 12.3.